The van der Waals surface area contributed by atoms with E-state index in [0.29, 0.717) is 11.7 Å². The zero-order valence-corrected chi connectivity index (χ0v) is 12.4. The lowest BCUT2D eigenvalue weighted by atomic mass is 9.95. The van der Waals surface area contributed by atoms with Crippen molar-refractivity contribution in [2.45, 2.75) is 19.3 Å². The highest BCUT2D eigenvalue weighted by molar-refractivity contribution is 8.21. The molecule has 1 aromatic carbocycles. The van der Waals surface area contributed by atoms with Gasteiger partial charge in [0.1, 0.15) is 0 Å². The number of hydrogen-bond donors (Lipinski definition) is 0. The number of carbonyl (C=O) groups excluding carboxylic acids is 1. The zero-order valence-electron chi connectivity index (χ0n) is 10.8. The Morgan fingerprint density at radius 3 is 2.50 bits per heavy atom. The Labute approximate surface area is 117 Å². The van der Waals surface area contributed by atoms with Crippen LogP contribution in [-0.4, -0.2) is 18.3 Å². The molecule has 1 fully saturated rings. The fourth-order valence-corrected chi connectivity index (χ4v) is 4.17. The Morgan fingerprint density at radius 2 is 1.89 bits per heavy atom. The lowest BCUT2D eigenvalue weighted by Crippen LogP contribution is -2.06. The van der Waals surface area contributed by atoms with E-state index in [4.69, 9.17) is 0 Å². The predicted molar refractivity (Wildman–Crippen MR) is 81.9 cm³/mol. The van der Waals surface area contributed by atoms with Crippen molar-refractivity contribution in [3.8, 4) is 0 Å². The summed E-state index contributed by atoms with van der Waals surface area (Å²) >= 11 is 3.41. The lowest BCUT2D eigenvalue weighted by molar-refractivity contribution is -0.114. The summed E-state index contributed by atoms with van der Waals surface area (Å²) in [6, 6.07) is 10.5. The van der Waals surface area contributed by atoms with Crippen LogP contribution in [0.1, 0.15) is 18.4 Å². The molecule has 0 aromatic heterocycles. The Morgan fingerprint density at radius 1 is 1.22 bits per heavy atom. The van der Waals surface area contributed by atoms with Gasteiger partial charge in [-0.2, -0.15) is 0 Å². The average Bonchev–Trinajstić information content (AvgIpc) is 2.75. The second-order valence-electron chi connectivity index (χ2n) is 4.46. The maximum atomic E-state index is 12.0. The second-order valence-corrected chi connectivity index (χ2v) is 6.35. The molecule has 2 rings (SSSR count). The number of Topliss-reactive ketones (excluding diaryl/α,β-unsaturated/α-hetero) is 1. The predicted octanol–water partition coefficient (Wildman–Crippen LogP) is 4.15. The molecule has 1 atom stereocenters. The summed E-state index contributed by atoms with van der Waals surface area (Å²) in [5.41, 5.74) is 2.41. The van der Waals surface area contributed by atoms with Crippen LogP contribution < -0.4 is 0 Å². The highest BCUT2D eigenvalue weighted by Gasteiger charge is 2.31. The molecule has 0 radical (unpaired) electrons. The van der Waals surface area contributed by atoms with Crippen molar-refractivity contribution >= 4 is 29.3 Å². The van der Waals surface area contributed by atoms with Gasteiger partial charge < -0.3 is 0 Å². The third-order valence-electron chi connectivity index (χ3n) is 3.34. The van der Waals surface area contributed by atoms with E-state index in [-0.39, 0.29) is 0 Å². The van der Waals surface area contributed by atoms with Gasteiger partial charge >= 0.3 is 0 Å². The van der Waals surface area contributed by atoms with Gasteiger partial charge in [0.15, 0.2) is 5.78 Å². The molecule has 3 heteroatoms. The maximum absolute atomic E-state index is 12.0. The van der Waals surface area contributed by atoms with Gasteiger partial charge in [0.2, 0.25) is 0 Å². The maximum Gasteiger partial charge on any atom is 0.160 e. The van der Waals surface area contributed by atoms with E-state index in [1.807, 2.05) is 6.07 Å². The van der Waals surface area contributed by atoms with Crippen molar-refractivity contribution in [2.24, 2.45) is 5.92 Å². The van der Waals surface area contributed by atoms with Crippen LogP contribution >= 0.6 is 23.5 Å². The molecular formula is C15H18OS2. The fourth-order valence-electron chi connectivity index (χ4n) is 2.50. The van der Waals surface area contributed by atoms with Gasteiger partial charge in [-0.3, -0.25) is 4.79 Å². The van der Waals surface area contributed by atoms with Crippen molar-refractivity contribution in [2.75, 3.05) is 12.5 Å². The van der Waals surface area contributed by atoms with Gasteiger partial charge in [0.05, 0.1) is 0 Å². The molecule has 1 unspecified atom stereocenters. The van der Waals surface area contributed by atoms with Crippen LogP contribution in [0.5, 0.6) is 0 Å². The summed E-state index contributed by atoms with van der Waals surface area (Å²) in [6.45, 7) is 0. The first-order valence-electron chi connectivity index (χ1n) is 6.15. The quantitative estimate of drug-likeness (QED) is 0.770. The van der Waals surface area contributed by atoms with E-state index in [2.05, 4.69) is 36.8 Å². The number of hydrogen-bond acceptors (Lipinski definition) is 3. The Balaban J connectivity index is 2.22. The lowest BCUT2D eigenvalue weighted by Gasteiger charge is -2.14. The summed E-state index contributed by atoms with van der Waals surface area (Å²) in [5.74, 6) is 0.768. The Kier molecular flexibility index (Phi) is 4.95. The van der Waals surface area contributed by atoms with E-state index >= 15 is 0 Å². The van der Waals surface area contributed by atoms with Crippen LogP contribution in [0.3, 0.4) is 0 Å². The van der Waals surface area contributed by atoms with Gasteiger partial charge in [0, 0.05) is 16.2 Å². The van der Waals surface area contributed by atoms with Crippen LogP contribution in [0.25, 0.3) is 0 Å². The molecule has 1 aliphatic carbocycles. The van der Waals surface area contributed by atoms with Crippen LogP contribution in [0.4, 0.5) is 0 Å². The van der Waals surface area contributed by atoms with E-state index in [1.165, 1.54) is 9.80 Å². The Hall–Kier alpha value is -0.670. The standard InChI is InChI=1S/C15H18OS2/c1-17-15(18-2)14-12(8-9-13(14)16)10-11-6-4-3-5-7-11/h3-7,12H,8-10H2,1-2H3. The molecular weight excluding hydrogens is 260 g/mol. The minimum atomic E-state index is 0.356. The largest absolute Gasteiger partial charge is 0.294 e. The van der Waals surface area contributed by atoms with E-state index < -0.39 is 0 Å². The van der Waals surface area contributed by atoms with Crippen LogP contribution in [-0.2, 0) is 11.2 Å². The first-order valence-corrected chi connectivity index (χ1v) is 8.60. The van der Waals surface area contributed by atoms with Crippen LogP contribution in [0.15, 0.2) is 40.1 Å². The number of benzene rings is 1. The minimum absolute atomic E-state index is 0.356. The summed E-state index contributed by atoms with van der Waals surface area (Å²) in [6.07, 6.45) is 6.84. The fraction of sp³-hybridized carbons (Fsp3) is 0.400. The topological polar surface area (TPSA) is 17.1 Å². The first kappa shape index (κ1) is 13.8. The molecule has 1 saturated carbocycles. The first-order chi connectivity index (χ1) is 8.76. The molecule has 0 saturated heterocycles. The van der Waals surface area contributed by atoms with Crippen LogP contribution in [0.2, 0.25) is 0 Å². The van der Waals surface area contributed by atoms with Crippen molar-refractivity contribution in [3.05, 3.63) is 45.7 Å². The molecule has 0 spiro atoms. The molecule has 0 bridgehead atoms. The van der Waals surface area contributed by atoms with E-state index in [0.717, 1.165) is 24.8 Å². The monoisotopic (exact) mass is 278 g/mol. The SMILES string of the molecule is CSC(SC)=C1C(=O)CCC1Cc1ccccc1. The third kappa shape index (κ3) is 3.01. The van der Waals surface area contributed by atoms with Crippen molar-refractivity contribution in [3.63, 3.8) is 0 Å². The van der Waals surface area contributed by atoms with Crippen molar-refractivity contribution in [1.29, 1.82) is 0 Å². The molecule has 96 valence electrons. The molecule has 1 aromatic rings. The van der Waals surface area contributed by atoms with E-state index in [9.17, 15) is 4.79 Å². The smallest absolute Gasteiger partial charge is 0.160 e. The number of rotatable bonds is 4. The van der Waals surface area contributed by atoms with Crippen molar-refractivity contribution < 1.29 is 4.79 Å². The molecule has 0 amide bonds. The van der Waals surface area contributed by atoms with Gasteiger partial charge in [-0.1, -0.05) is 30.3 Å². The molecule has 0 heterocycles. The number of allylic oxidation sites excluding steroid dienone is 1. The number of thioether (sulfide) groups is 2. The summed E-state index contributed by atoms with van der Waals surface area (Å²) in [7, 11) is 0. The molecule has 0 N–H and O–H groups in total. The number of ketones is 1. The van der Waals surface area contributed by atoms with Gasteiger partial charge in [0.25, 0.3) is 0 Å². The number of carbonyl (C=O) groups is 1. The summed E-state index contributed by atoms with van der Waals surface area (Å²) in [5, 5.41) is 0. The Bertz CT molecular complexity index is 445. The zero-order chi connectivity index (χ0) is 13.0. The highest BCUT2D eigenvalue weighted by atomic mass is 32.2. The highest BCUT2D eigenvalue weighted by Crippen LogP contribution is 2.39. The minimum Gasteiger partial charge on any atom is -0.294 e. The summed E-state index contributed by atoms with van der Waals surface area (Å²) in [4.78, 5) is 12.0. The van der Waals surface area contributed by atoms with Crippen molar-refractivity contribution in [1.82, 2.24) is 0 Å². The third-order valence-corrected chi connectivity index (χ3v) is 5.53. The van der Waals surface area contributed by atoms with E-state index in [1.54, 1.807) is 23.5 Å². The summed E-state index contributed by atoms with van der Waals surface area (Å²) < 4.78 is 1.21. The average molecular weight is 278 g/mol. The molecule has 1 aliphatic rings. The second kappa shape index (κ2) is 6.48. The van der Waals surface area contributed by atoms with Gasteiger partial charge in [-0.15, -0.1) is 23.5 Å². The normalized spacial score (nSPS) is 19.3. The molecule has 0 aliphatic heterocycles. The van der Waals surface area contributed by atoms with Gasteiger partial charge in [-0.25, -0.2) is 0 Å². The van der Waals surface area contributed by atoms with Crippen LogP contribution in [0, 0.1) is 5.92 Å². The molecule has 18 heavy (non-hydrogen) atoms. The molecule has 1 nitrogen and oxygen atoms in total. The van der Waals surface area contributed by atoms with Gasteiger partial charge in [-0.05, 0) is 36.8 Å².